The van der Waals surface area contributed by atoms with Gasteiger partial charge in [0, 0.05) is 12.6 Å². The molecule has 1 aliphatic rings. The Bertz CT molecular complexity index is 191. The zero-order valence-corrected chi connectivity index (χ0v) is 8.95. The molecule has 4 heteroatoms. The van der Waals surface area contributed by atoms with Crippen LogP contribution in [0.5, 0.6) is 0 Å². The van der Waals surface area contributed by atoms with Crippen LogP contribution in [0.2, 0.25) is 0 Å². The maximum atomic E-state index is 11.0. The molecule has 1 amide bonds. The van der Waals surface area contributed by atoms with Crippen molar-refractivity contribution in [2.24, 2.45) is 11.7 Å². The highest BCUT2D eigenvalue weighted by Crippen LogP contribution is 2.16. The first-order valence-corrected chi connectivity index (χ1v) is 5.28. The number of amides is 1. The summed E-state index contributed by atoms with van der Waals surface area (Å²) >= 11 is 0. The number of hydrogen-bond donors (Lipinski definition) is 2. The van der Waals surface area contributed by atoms with Crippen molar-refractivity contribution in [2.75, 3.05) is 13.2 Å². The fourth-order valence-electron chi connectivity index (χ4n) is 1.80. The standard InChI is InChI=1S/C10H20N2O2/c1-3-9(10(11)13)12-7(2)8-4-5-14-6-8/h7-9,12H,3-6H2,1-2H3,(H2,11,13). The third-order valence-corrected chi connectivity index (χ3v) is 2.89. The lowest BCUT2D eigenvalue weighted by molar-refractivity contribution is -0.120. The van der Waals surface area contributed by atoms with Gasteiger partial charge in [0.25, 0.3) is 0 Å². The van der Waals surface area contributed by atoms with Crippen LogP contribution in [0.25, 0.3) is 0 Å². The molecule has 1 fully saturated rings. The summed E-state index contributed by atoms with van der Waals surface area (Å²) in [6, 6.07) is 0.0977. The molecule has 3 N–H and O–H groups in total. The zero-order valence-electron chi connectivity index (χ0n) is 8.95. The number of rotatable bonds is 5. The lowest BCUT2D eigenvalue weighted by Crippen LogP contribution is -2.47. The topological polar surface area (TPSA) is 64.3 Å². The van der Waals surface area contributed by atoms with Gasteiger partial charge in [0.1, 0.15) is 0 Å². The number of carbonyl (C=O) groups excluding carboxylic acids is 1. The Labute approximate surface area is 85.2 Å². The normalized spacial score (nSPS) is 26.0. The van der Waals surface area contributed by atoms with E-state index in [1.165, 1.54) is 0 Å². The average molecular weight is 200 g/mol. The average Bonchev–Trinajstić information content (AvgIpc) is 2.65. The molecule has 3 atom stereocenters. The first kappa shape index (κ1) is 11.5. The van der Waals surface area contributed by atoms with Gasteiger partial charge in [0.15, 0.2) is 0 Å². The van der Waals surface area contributed by atoms with Gasteiger partial charge in [-0.15, -0.1) is 0 Å². The highest BCUT2D eigenvalue weighted by molar-refractivity contribution is 5.79. The van der Waals surface area contributed by atoms with Gasteiger partial charge < -0.3 is 15.8 Å². The van der Waals surface area contributed by atoms with E-state index in [2.05, 4.69) is 12.2 Å². The number of hydrogen-bond acceptors (Lipinski definition) is 3. The van der Waals surface area contributed by atoms with Crippen LogP contribution in [0.1, 0.15) is 26.7 Å². The predicted octanol–water partition coefficient (Wildman–Crippen LogP) is 0.265. The van der Waals surface area contributed by atoms with Crippen LogP contribution in [-0.4, -0.2) is 31.2 Å². The molecule has 0 saturated carbocycles. The van der Waals surface area contributed by atoms with Crippen molar-refractivity contribution in [1.29, 1.82) is 0 Å². The summed E-state index contributed by atoms with van der Waals surface area (Å²) in [4.78, 5) is 11.0. The first-order chi connectivity index (χ1) is 6.65. The third kappa shape index (κ3) is 2.96. The Balaban J connectivity index is 2.37. The van der Waals surface area contributed by atoms with E-state index in [0.717, 1.165) is 26.1 Å². The van der Waals surface area contributed by atoms with E-state index in [1.54, 1.807) is 0 Å². The van der Waals surface area contributed by atoms with E-state index >= 15 is 0 Å². The van der Waals surface area contributed by atoms with E-state index < -0.39 is 0 Å². The zero-order chi connectivity index (χ0) is 10.6. The minimum Gasteiger partial charge on any atom is -0.381 e. The molecule has 1 rings (SSSR count). The van der Waals surface area contributed by atoms with Gasteiger partial charge in [-0.25, -0.2) is 0 Å². The van der Waals surface area contributed by atoms with Crippen molar-refractivity contribution in [3.05, 3.63) is 0 Å². The molecule has 0 aromatic rings. The van der Waals surface area contributed by atoms with E-state index in [4.69, 9.17) is 10.5 Å². The first-order valence-electron chi connectivity index (χ1n) is 5.28. The Morgan fingerprint density at radius 1 is 1.71 bits per heavy atom. The maximum absolute atomic E-state index is 11.0. The molecule has 1 aliphatic heterocycles. The highest BCUT2D eigenvalue weighted by atomic mass is 16.5. The highest BCUT2D eigenvalue weighted by Gasteiger charge is 2.25. The van der Waals surface area contributed by atoms with E-state index in [9.17, 15) is 4.79 Å². The summed E-state index contributed by atoms with van der Waals surface area (Å²) in [5, 5.41) is 3.25. The van der Waals surface area contributed by atoms with Crippen LogP contribution in [0.4, 0.5) is 0 Å². The van der Waals surface area contributed by atoms with E-state index in [1.807, 2.05) is 6.92 Å². The molecule has 82 valence electrons. The lowest BCUT2D eigenvalue weighted by Gasteiger charge is -2.23. The predicted molar refractivity (Wildman–Crippen MR) is 54.8 cm³/mol. The second-order valence-electron chi connectivity index (χ2n) is 3.94. The molecular weight excluding hydrogens is 180 g/mol. The number of carbonyl (C=O) groups is 1. The monoisotopic (exact) mass is 200 g/mol. The quantitative estimate of drug-likeness (QED) is 0.669. The Morgan fingerprint density at radius 3 is 2.86 bits per heavy atom. The van der Waals surface area contributed by atoms with E-state index in [0.29, 0.717) is 12.0 Å². The molecule has 4 nitrogen and oxygen atoms in total. The maximum Gasteiger partial charge on any atom is 0.234 e. The van der Waals surface area contributed by atoms with Crippen LogP contribution in [0.15, 0.2) is 0 Å². The molecule has 3 unspecified atom stereocenters. The van der Waals surface area contributed by atoms with Gasteiger partial charge in [-0.2, -0.15) is 0 Å². The summed E-state index contributed by atoms with van der Waals surface area (Å²) < 4.78 is 5.30. The summed E-state index contributed by atoms with van der Waals surface area (Å²) in [5.41, 5.74) is 5.26. The van der Waals surface area contributed by atoms with Crippen molar-refractivity contribution in [3.63, 3.8) is 0 Å². The number of ether oxygens (including phenoxy) is 1. The molecule has 14 heavy (non-hydrogen) atoms. The van der Waals surface area contributed by atoms with Crippen LogP contribution in [-0.2, 0) is 9.53 Å². The van der Waals surface area contributed by atoms with Crippen molar-refractivity contribution in [2.45, 2.75) is 38.8 Å². The van der Waals surface area contributed by atoms with Gasteiger partial charge >= 0.3 is 0 Å². The molecule has 0 aliphatic carbocycles. The SMILES string of the molecule is CCC(NC(C)C1CCOC1)C(N)=O. The Kier molecular flexibility index (Phi) is 4.35. The van der Waals surface area contributed by atoms with Crippen LogP contribution in [0, 0.1) is 5.92 Å². The van der Waals surface area contributed by atoms with Crippen LogP contribution < -0.4 is 11.1 Å². The van der Waals surface area contributed by atoms with Gasteiger partial charge in [-0.1, -0.05) is 6.92 Å². The van der Waals surface area contributed by atoms with Crippen LogP contribution in [0.3, 0.4) is 0 Å². The van der Waals surface area contributed by atoms with Crippen molar-refractivity contribution < 1.29 is 9.53 Å². The third-order valence-electron chi connectivity index (χ3n) is 2.89. The summed E-state index contributed by atoms with van der Waals surface area (Å²) in [6.07, 6.45) is 1.82. The molecule has 0 aromatic heterocycles. The smallest absolute Gasteiger partial charge is 0.234 e. The van der Waals surface area contributed by atoms with Crippen molar-refractivity contribution in [3.8, 4) is 0 Å². The Morgan fingerprint density at radius 2 is 2.43 bits per heavy atom. The largest absolute Gasteiger partial charge is 0.381 e. The fraction of sp³-hybridized carbons (Fsp3) is 0.900. The van der Waals surface area contributed by atoms with Gasteiger partial charge in [-0.3, -0.25) is 4.79 Å². The Hall–Kier alpha value is -0.610. The molecular formula is C10H20N2O2. The molecule has 0 radical (unpaired) electrons. The second-order valence-corrected chi connectivity index (χ2v) is 3.94. The van der Waals surface area contributed by atoms with Crippen molar-refractivity contribution >= 4 is 5.91 Å². The molecule has 0 spiro atoms. The lowest BCUT2D eigenvalue weighted by atomic mass is 9.99. The number of primary amides is 1. The fourth-order valence-corrected chi connectivity index (χ4v) is 1.80. The minimum absolute atomic E-state index is 0.203. The minimum atomic E-state index is -0.265. The molecule has 1 saturated heterocycles. The molecule has 0 aromatic carbocycles. The number of nitrogens with one attached hydrogen (secondary N) is 1. The second kappa shape index (κ2) is 5.32. The molecule has 1 heterocycles. The molecule has 0 bridgehead atoms. The summed E-state index contributed by atoms with van der Waals surface area (Å²) in [6.45, 7) is 5.68. The summed E-state index contributed by atoms with van der Waals surface area (Å²) in [5.74, 6) is 0.252. The van der Waals surface area contributed by atoms with Crippen LogP contribution >= 0.6 is 0 Å². The van der Waals surface area contributed by atoms with Gasteiger partial charge in [0.05, 0.1) is 12.6 Å². The number of nitrogens with two attached hydrogens (primary N) is 1. The van der Waals surface area contributed by atoms with E-state index in [-0.39, 0.29) is 11.9 Å². The van der Waals surface area contributed by atoms with Gasteiger partial charge in [-0.05, 0) is 25.7 Å². The summed E-state index contributed by atoms with van der Waals surface area (Å²) in [7, 11) is 0. The van der Waals surface area contributed by atoms with Crippen molar-refractivity contribution in [1.82, 2.24) is 5.32 Å². The van der Waals surface area contributed by atoms with Gasteiger partial charge in [0.2, 0.25) is 5.91 Å².